The zero-order valence-electron chi connectivity index (χ0n) is 9.74. The molecule has 15 heavy (non-hydrogen) atoms. The van der Waals surface area contributed by atoms with E-state index < -0.39 is 5.91 Å². The fourth-order valence-corrected chi connectivity index (χ4v) is 1.93. The summed E-state index contributed by atoms with van der Waals surface area (Å²) in [5, 5.41) is 0. The van der Waals surface area contributed by atoms with Crippen molar-refractivity contribution in [1.82, 2.24) is 4.90 Å². The first-order valence-corrected chi connectivity index (χ1v) is 5.01. The third kappa shape index (κ3) is 2.04. The largest absolute Gasteiger partial charge is 0.398 e. The average Bonchev–Trinajstić information content (AvgIpc) is 2.13. The SMILES string of the molecule is CC1=C(N)C(C(N)=O)=CC(N(C)C)C1C. The molecule has 0 heterocycles. The van der Waals surface area contributed by atoms with Crippen LogP contribution in [0.2, 0.25) is 0 Å². The van der Waals surface area contributed by atoms with Gasteiger partial charge in [-0.05, 0) is 32.5 Å². The van der Waals surface area contributed by atoms with E-state index in [4.69, 9.17) is 11.5 Å². The minimum absolute atomic E-state index is 0.180. The molecule has 84 valence electrons. The number of hydrogen-bond donors (Lipinski definition) is 2. The molecule has 4 N–H and O–H groups in total. The number of primary amides is 1. The molecule has 0 saturated heterocycles. The Bertz CT molecular complexity index is 342. The standard InChI is InChI=1S/C11H19N3O/c1-6-7(2)10(12)8(11(13)15)5-9(6)14(3)4/h5-6,9H,12H2,1-4H3,(H2,13,15). The lowest BCUT2D eigenvalue weighted by Crippen LogP contribution is -2.38. The fraction of sp³-hybridized carbons (Fsp3) is 0.545. The molecule has 0 aromatic carbocycles. The Balaban J connectivity index is 3.17. The van der Waals surface area contributed by atoms with E-state index in [1.54, 1.807) is 0 Å². The van der Waals surface area contributed by atoms with Crippen molar-refractivity contribution in [3.63, 3.8) is 0 Å². The van der Waals surface area contributed by atoms with Gasteiger partial charge in [0.2, 0.25) is 0 Å². The van der Waals surface area contributed by atoms with E-state index in [9.17, 15) is 4.79 Å². The molecule has 0 aliphatic heterocycles. The molecular formula is C11H19N3O. The first-order chi connectivity index (χ1) is 6.86. The van der Waals surface area contributed by atoms with Crippen LogP contribution in [0.5, 0.6) is 0 Å². The predicted molar refractivity (Wildman–Crippen MR) is 60.8 cm³/mol. The first kappa shape index (κ1) is 11.8. The summed E-state index contributed by atoms with van der Waals surface area (Å²) in [7, 11) is 3.95. The highest BCUT2D eigenvalue weighted by atomic mass is 16.1. The van der Waals surface area contributed by atoms with Crippen molar-refractivity contribution < 1.29 is 4.79 Å². The van der Waals surface area contributed by atoms with Crippen molar-refractivity contribution in [2.75, 3.05) is 14.1 Å². The van der Waals surface area contributed by atoms with Crippen LogP contribution in [0, 0.1) is 5.92 Å². The lowest BCUT2D eigenvalue weighted by molar-refractivity contribution is -0.114. The van der Waals surface area contributed by atoms with Gasteiger partial charge in [-0.25, -0.2) is 0 Å². The molecular weight excluding hydrogens is 190 g/mol. The number of nitrogens with zero attached hydrogens (tertiary/aromatic N) is 1. The summed E-state index contributed by atoms with van der Waals surface area (Å²) in [4.78, 5) is 13.3. The lowest BCUT2D eigenvalue weighted by atomic mass is 9.84. The molecule has 0 saturated carbocycles. The van der Waals surface area contributed by atoms with Crippen molar-refractivity contribution in [3.8, 4) is 0 Å². The van der Waals surface area contributed by atoms with Gasteiger partial charge in [0, 0.05) is 11.7 Å². The van der Waals surface area contributed by atoms with Gasteiger partial charge in [-0.2, -0.15) is 0 Å². The molecule has 1 amide bonds. The van der Waals surface area contributed by atoms with Gasteiger partial charge < -0.3 is 16.4 Å². The number of likely N-dealkylation sites (N-methyl/N-ethyl adjacent to an activating group) is 1. The molecule has 0 fully saturated rings. The number of carbonyl (C=O) groups excluding carboxylic acids is 1. The summed E-state index contributed by atoms with van der Waals surface area (Å²) in [6.45, 7) is 4.05. The summed E-state index contributed by atoms with van der Waals surface area (Å²) in [5.41, 5.74) is 13.2. The average molecular weight is 209 g/mol. The zero-order chi connectivity index (χ0) is 11.7. The van der Waals surface area contributed by atoms with Crippen LogP contribution >= 0.6 is 0 Å². The maximum absolute atomic E-state index is 11.2. The van der Waals surface area contributed by atoms with Gasteiger partial charge >= 0.3 is 0 Å². The van der Waals surface area contributed by atoms with E-state index in [0.717, 1.165) is 5.57 Å². The number of nitrogens with two attached hydrogens (primary N) is 2. The van der Waals surface area contributed by atoms with Crippen molar-refractivity contribution in [1.29, 1.82) is 0 Å². The van der Waals surface area contributed by atoms with Crippen LogP contribution in [0.1, 0.15) is 13.8 Å². The lowest BCUT2D eigenvalue weighted by Gasteiger charge is -2.33. The summed E-state index contributed by atoms with van der Waals surface area (Å²) < 4.78 is 0. The molecule has 2 unspecified atom stereocenters. The van der Waals surface area contributed by atoms with Gasteiger partial charge in [-0.1, -0.05) is 13.0 Å². The molecule has 1 aliphatic carbocycles. The maximum atomic E-state index is 11.2. The Hall–Kier alpha value is -1.29. The second kappa shape index (κ2) is 4.06. The van der Waals surface area contributed by atoms with Crippen molar-refractivity contribution in [3.05, 3.63) is 22.9 Å². The van der Waals surface area contributed by atoms with E-state index in [-0.39, 0.29) is 6.04 Å². The van der Waals surface area contributed by atoms with E-state index in [1.165, 1.54) is 0 Å². The molecule has 4 nitrogen and oxygen atoms in total. The Kier molecular flexibility index (Phi) is 3.19. The topological polar surface area (TPSA) is 72.3 Å². The summed E-state index contributed by atoms with van der Waals surface area (Å²) in [6.07, 6.45) is 1.86. The van der Waals surface area contributed by atoms with Gasteiger partial charge in [-0.3, -0.25) is 4.79 Å². The highest BCUT2D eigenvalue weighted by Crippen LogP contribution is 2.29. The highest BCUT2D eigenvalue weighted by molar-refractivity contribution is 5.96. The Morgan fingerprint density at radius 3 is 2.40 bits per heavy atom. The monoisotopic (exact) mass is 209 g/mol. The molecule has 4 heteroatoms. The van der Waals surface area contributed by atoms with Crippen LogP contribution in [0.3, 0.4) is 0 Å². The molecule has 1 rings (SSSR count). The number of carbonyl (C=O) groups is 1. The molecule has 0 aromatic heterocycles. The fourth-order valence-electron chi connectivity index (χ4n) is 1.93. The van der Waals surface area contributed by atoms with Crippen LogP contribution in [0.4, 0.5) is 0 Å². The van der Waals surface area contributed by atoms with Gasteiger partial charge in [0.05, 0.1) is 5.57 Å². The molecule has 0 radical (unpaired) electrons. The molecule has 1 aliphatic rings. The number of hydrogen-bond acceptors (Lipinski definition) is 3. The predicted octanol–water partition coefficient (Wildman–Crippen LogP) is 0.211. The van der Waals surface area contributed by atoms with E-state index in [2.05, 4.69) is 11.8 Å². The third-order valence-corrected chi connectivity index (χ3v) is 3.11. The van der Waals surface area contributed by atoms with Crippen LogP contribution in [-0.2, 0) is 4.79 Å². The van der Waals surface area contributed by atoms with Gasteiger partial charge in [0.25, 0.3) is 5.91 Å². The summed E-state index contributed by atoms with van der Waals surface area (Å²) in [5.74, 6) is -0.145. The minimum atomic E-state index is -0.453. The van der Waals surface area contributed by atoms with Crippen molar-refractivity contribution in [2.45, 2.75) is 19.9 Å². The number of rotatable bonds is 2. The highest BCUT2D eigenvalue weighted by Gasteiger charge is 2.28. The van der Waals surface area contributed by atoms with Crippen molar-refractivity contribution in [2.24, 2.45) is 17.4 Å². The normalized spacial score (nSPS) is 26.9. The minimum Gasteiger partial charge on any atom is -0.398 e. The first-order valence-electron chi connectivity index (χ1n) is 5.01. The van der Waals surface area contributed by atoms with Gasteiger partial charge in [0.1, 0.15) is 0 Å². The van der Waals surface area contributed by atoms with Crippen LogP contribution in [-0.4, -0.2) is 30.9 Å². The van der Waals surface area contributed by atoms with Gasteiger partial charge in [-0.15, -0.1) is 0 Å². The van der Waals surface area contributed by atoms with Crippen LogP contribution in [0.15, 0.2) is 22.9 Å². The van der Waals surface area contributed by atoms with Crippen LogP contribution < -0.4 is 11.5 Å². The molecule has 2 atom stereocenters. The van der Waals surface area contributed by atoms with Crippen LogP contribution in [0.25, 0.3) is 0 Å². The maximum Gasteiger partial charge on any atom is 0.250 e. The number of amides is 1. The summed E-state index contributed by atoms with van der Waals surface area (Å²) in [6, 6.07) is 0.180. The van der Waals surface area contributed by atoms with E-state index >= 15 is 0 Å². The Labute approximate surface area is 90.6 Å². The molecule has 0 aromatic rings. The van der Waals surface area contributed by atoms with Crippen molar-refractivity contribution >= 4 is 5.91 Å². The third-order valence-electron chi connectivity index (χ3n) is 3.11. The smallest absolute Gasteiger partial charge is 0.250 e. The quantitative estimate of drug-likeness (QED) is 0.683. The van der Waals surface area contributed by atoms with Gasteiger partial charge in [0.15, 0.2) is 0 Å². The van der Waals surface area contributed by atoms with E-state index in [0.29, 0.717) is 17.2 Å². The van der Waals surface area contributed by atoms with E-state index in [1.807, 2.05) is 27.1 Å². The zero-order valence-corrected chi connectivity index (χ0v) is 9.74. The molecule has 0 spiro atoms. The Morgan fingerprint density at radius 2 is 2.00 bits per heavy atom. The second-order valence-electron chi connectivity index (χ2n) is 4.28. The molecule has 0 bridgehead atoms. The summed E-state index contributed by atoms with van der Waals surface area (Å²) >= 11 is 0. The Morgan fingerprint density at radius 1 is 1.47 bits per heavy atom. The second-order valence-corrected chi connectivity index (χ2v) is 4.28.